The second kappa shape index (κ2) is 21.1. The van der Waals surface area contributed by atoms with E-state index in [1.54, 1.807) is 31.9 Å². The van der Waals surface area contributed by atoms with Gasteiger partial charge >= 0.3 is 12.1 Å². The molecule has 18 heteroatoms. The van der Waals surface area contributed by atoms with Gasteiger partial charge in [-0.15, -0.1) is 0 Å². The number of halogens is 2. The molecule has 0 radical (unpaired) electrons. The number of likely N-dealkylation sites (tertiary alicyclic amines) is 1. The summed E-state index contributed by atoms with van der Waals surface area (Å²) in [7, 11) is 0. The standard InChI is InChI=1S/C46H56F2N6O10/c1-29(63-30(2)55)44(59)54(26-33-25-52(45(60)64-46(3,4)5)27-36(33)43(58)49-17-21-62-22-18-53-39(56)13-14-40(53)57)41(32-15-19-61-20-16-32)42-50-38(35-23-34(47)11-12-37(35)48)28-51(42)24-31-9-7-6-8-10-31/h6-14,23,28-29,32-33,36,41H,15-22,24-27H2,1-5H3,(H,49,58)/t29-,33-,36+,41+/m0/s1. The van der Waals surface area contributed by atoms with E-state index in [2.05, 4.69) is 5.32 Å². The number of hydrogen-bond acceptors (Lipinski definition) is 11. The maximum Gasteiger partial charge on any atom is 0.410 e. The molecule has 5 amide bonds. The molecule has 344 valence electrons. The Hall–Kier alpha value is -6.01. The van der Waals surface area contributed by atoms with Crippen LogP contribution < -0.4 is 5.32 Å². The normalized spacial score (nSPS) is 18.9. The fourth-order valence-corrected chi connectivity index (χ4v) is 8.27. The van der Waals surface area contributed by atoms with Crippen LogP contribution in [-0.2, 0) is 49.5 Å². The average molecular weight is 891 g/mol. The third kappa shape index (κ3) is 12.2. The zero-order valence-electron chi connectivity index (χ0n) is 36.8. The summed E-state index contributed by atoms with van der Waals surface area (Å²) in [6.45, 7) is 8.84. The first kappa shape index (κ1) is 47.5. The van der Waals surface area contributed by atoms with Gasteiger partial charge in [-0.2, -0.15) is 0 Å². The monoisotopic (exact) mass is 890 g/mol. The summed E-state index contributed by atoms with van der Waals surface area (Å²) in [5, 5.41) is 2.88. The highest BCUT2D eigenvalue weighted by Crippen LogP contribution is 2.39. The number of hydrogen-bond donors (Lipinski definition) is 1. The van der Waals surface area contributed by atoms with Crippen molar-refractivity contribution in [1.82, 2.24) is 29.6 Å². The lowest BCUT2D eigenvalue weighted by Crippen LogP contribution is -2.50. The lowest BCUT2D eigenvalue weighted by atomic mass is 9.87. The number of nitrogens with zero attached hydrogens (tertiary/aromatic N) is 5. The van der Waals surface area contributed by atoms with Crippen molar-refractivity contribution in [2.24, 2.45) is 17.8 Å². The smallest absolute Gasteiger partial charge is 0.410 e. The average Bonchev–Trinajstić information content (AvgIpc) is 3.96. The van der Waals surface area contributed by atoms with Gasteiger partial charge in [0.2, 0.25) is 5.91 Å². The lowest BCUT2D eigenvalue weighted by molar-refractivity contribution is -0.160. The van der Waals surface area contributed by atoms with Crippen molar-refractivity contribution < 1.29 is 56.5 Å². The van der Waals surface area contributed by atoms with Gasteiger partial charge in [-0.1, -0.05) is 30.3 Å². The molecule has 4 atom stereocenters. The molecule has 3 aliphatic rings. The summed E-state index contributed by atoms with van der Waals surface area (Å²) in [6, 6.07) is 11.7. The Balaban J connectivity index is 1.37. The van der Waals surface area contributed by atoms with Crippen LogP contribution in [0, 0.1) is 29.4 Å². The molecule has 6 rings (SSSR count). The molecule has 1 N–H and O–H groups in total. The number of benzene rings is 2. The van der Waals surface area contributed by atoms with Crippen LogP contribution in [0.15, 0.2) is 66.9 Å². The molecule has 0 unspecified atom stereocenters. The molecule has 0 bridgehead atoms. The maximum atomic E-state index is 15.5. The van der Waals surface area contributed by atoms with Crippen molar-refractivity contribution in [1.29, 1.82) is 0 Å². The Kier molecular flexibility index (Phi) is 15.7. The molecule has 2 saturated heterocycles. The van der Waals surface area contributed by atoms with Crippen molar-refractivity contribution in [3.05, 3.63) is 89.9 Å². The molecular weight excluding hydrogens is 835 g/mol. The number of ether oxygens (including phenoxy) is 4. The van der Waals surface area contributed by atoms with E-state index < -0.39 is 76.9 Å². The summed E-state index contributed by atoms with van der Waals surface area (Å²) < 4.78 is 54.5. The van der Waals surface area contributed by atoms with Gasteiger partial charge in [-0.25, -0.2) is 18.6 Å². The van der Waals surface area contributed by atoms with E-state index in [1.807, 2.05) is 34.9 Å². The highest BCUT2D eigenvalue weighted by Gasteiger charge is 2.46. The molecular formula is C46H56F2N6O10. The summed E-state index contributed by atoms with van der Waals surface area (Å²) in [5.74, 6) is -5.44. The quantitative estimate of drug-likeness (QED) is 0.113. The number of imide groups is 1. The highest BCUT2D eigenvalue weighted by molar-refractivity contribution is 6.12. The van der Waals surface area contributed by atoms with Gasteiger partial charge in [0, 0.05) is 82.7 Å². The second-order valence-electron chi connectivity index (χ2n) is 17.2. The summed E-state index contributed by atoms with van der Waals surface area (Å²) in [6.07, 6.45) is 3.02. The van der Waals surface area contributed by atoms with Crippen molar-refractivity contribution in [2.45, 2.75) is 71.8 Å². The van der Waals surface area contributed by atoms with Crippen molar-refractivity contribution >= 4 is 35.7 Å². The molecule has 0 spiro atoms. The molecule has 2 fully saturated rings. The van der Waals surface area contributed by atoms with E-state index in [4.69, 9.17) is 23.9 Å². The van der Waals surface area contributed by atoms with Gasteiger partial charge in [0.05, 0.1) is 37.4 Å². The maximum absolute atomic E-state index is 15.5. The first-order valence-corrected chi connectivity index (χ1v) is 21.5. The van der Waals surface area contributed by atoms with Crippen LogP contribution in [0.3, 0.4) is 0 Å². The van der Waals surface area contributed by atoms with E-state index in [1.165, 1.54) is 30.9 Å². The van der Waals surface area contributed by atoms with Crippen LogP contribution in [-0.4, -0.2) is 131 Å². The predicted octanol–water partition coefficient (Wildman–Crippen LogP) is 4.67. The van der Waals surface area contributed by atoms with Gasteiger partial charge in [0.15, 0.2) is 6.10 Å². The molecule has 3 aliphatic heterocycles. The minimum absolute atomic E-state index is 0.0138. The highest BCUT2D eigenvalue weighted by atomic mass is 19.1. The number of imidazole rings is 1. The topological polar surface area (TPSA) is 179 Å². The molecule has 0 saturated carbocycles. The van der Waals surface area contributed by atoms with Gasteiger partial charge in [0.1, 0.15) is 23.1 Å². The fraction of sp³-hybridized carbons (Fsp3) is 0.500. The van der Waals surface area contributed by atoms with Crippen LogP contribution in [0.4, 0.5) is 13.6 Å². The third-order valence-corrected chi connectivity index (χ3v) is 11.3. The molecule has 2 aromatic carbocycles. The van der Waals surface area contributed by atoms with E-state index in [0.717, 1.165) is 28.7 Å². The number of rotatable bonds is 17. The molecule has 4 heterocycles. The first-order chi connectivity index (χ1) is 30.5. The Morgan fingerprint density at radius 3 is 2.36 bits per heavy atom. The second-order valence-corrected chi connectivity index (χ2v) is 17.2. The minimum atomic E-state index is -1.28. The predicted molar refractivity (Wildman–Crippen MR) is 227 cm³/mol. The zero-order valence-corrected chi connectivity index (χ0v) is 36.8. The van der Waals surface area contributed by atoms with E-state index >= 15 is 4.39 Å². The van der Waals surface area contributed by atoms with Gasteiger partial charge < -0.3 is 38.6 Å². The van der Waals surface area contributed by atoms with Crippen LogP contribution in [0.25, 0.3) is 11.3 Å². The Morgan fingerprint density at radius 2 is 1.69 bits per heavy atom. The number of nitrogens with one attached hydrogen (secondary N) is 1. The van der Waals surface area contributed by atoms with Crippen molar-refractivity contribution in [3.63, 3.8) is 0 Å². The SMILES string of the molecule is CC(=O)O[C@@H](C)C(=O)N(C[C@@H]1CN(C(=O)OC(C)(C)C)C[C@H]1C(=O)NCCOCCN1C(=O)C=CC1=O)[C@@H](c1nc(-c2cc(F)ccc2F)cn1Cc1ccccc1)C1CCOCC1. The van der Waals surface area contributed by atoms with Crippen LogP contribution in [0.2, 0.25) is 0 Å². The van der Waals surface area contributed by atoms with E-state index in [9.17, 15) is 33.2 Å². The van der Waals surface area contributed by atoms with Crippen molar-refractivity contribution in [3.8, 4) is 11.3 Å². The Labute approximate surface area is 370 Å². The fourth-order valence-electron chi connectivity index (χ4n) is 8.27. The molecule has 3 aromatic rings. The van der Waals surface area contributed by atoms with Crippen LogP contribution in [0.5, 0.6) is 0 Å². The third-order valence-electron chi connectivity index (χ3n) is 11.3. The Morgan fingerprint density at radius 1 is 0.984 bits per heavy atom. The number of esters is 1. The summed E-state index contributed by atoms with van der Waals surface area (Å²) in [5.41, 5.74) is 0.0648. The molecule has 0 aliphatic carbocycles. The van der Waals surface area contributed by atoms with Crippen molar-refractivity contribution in [2.75, 3.05) is 59.2 Å². The number of carbonyl (C=O) groups excluding carboxylic acids is 6. The molecule has 16 nitrogen and oxygen atoms in total. The lowest BCUT2D eigenvalue weighted by Gasteiger charge is -2.41. The summed E-state index contributed by atoms with van der Waals surface area (Å²) in [4.78, 5) is 87.9. The first-order valence-electron chi connectivity index (χ1n) is 21.5. The van der Waals surface area contributed by atoms with E-state index in [-0.39, 0.29) is 69.7 Å². The largest absolute Gasteiger partial charge is 0.453 e. The Bertz CT molecular complexity index is 2190. The number of amides is 5. The number of aromatic nitrogens is 2. The summed E-state index contributed by atoms with van der Waals surface area (Å²) >= 11 is 0. The zero-order chi connectivity index (χ0) is 46.1. The van der Waals surface area contributed by atoms with Crippen LogP contribution >= 0.6 is 0 Å². The molecule has 64 heavy (non-hydrogen) atoms. The van der Waals surface area contributed by atoms with Crippen LogP contribution in [0.1, 0.15) is 64.9 Å². The van der Waals surface area contributed by atoms with Gasteiger partial charge in [-0.05, 0) is 70.2 Å². The van der Waals surface area contributed by atoms with Gasteiger partial charge in [-0.3, -0.25) is 28.9 Å². The number of carbonyl (C=O) groups is 6. The minimum Gasteiger partial charge on any atom is -0.453 e. The molecule has 1 aromatic heterocycles. The van der Waals surface area contributed by atoms with Gasteiger partial charge in [0.25, 0.3) is 17.7 Å². The van der Waals surface area contributed by atoms with E-state index in [0.29, 0.717) is 31.9 Å².